The number of anilines is 1. The van der Waals surface area contributed by atoms with Gasteiger partial charge in [0.25, 0.3) is 5.91 Å². The molecule has 0 unspecified atom stereocenters. The summed E-state index contributed by atoms with van der Waals surface area (Å²) >= 11 is 1.47. The van der Waals surface area contributed by atoms with E-state index in [0.717, 1.165) is 55.0 Å². The Morgan fingerprint density at radius 1 is 1.05 bits per heavy atom. The molecule has 1 saturated heterocycles. The van der Waals surface area contributed by atoms with Crippen molar-refractivity contribution in [3.05, 3.63) is 47.5 Å². The molecule has 230 valence electrons. The zero-order valence-corrected chi connectivity index (χ0v) is 27.3. The summed E-state index contributed by atoms with van der Waals surface area (Å²) in [6.45, 7) is 15.5. The second-order valence-electron chi connectivity index (χ2n) is 11.7. The maximum atomic E-state index is 14.0. The van der Waals surface area contributed by atoms with Gasteiger partial charge in [-0.1, -0.05) is 45.1 Å². The molecule has 0 aliphatic carbocycles. The van der Waals surface area contributed by atoms with Crippen molar-refractivity contribution in [3.63, 3.8) is 0 Å². The van der Waals surface area contributed by atoms with E-state index in [2.05, 4.69) is 4.90 Å². The number of sulfonamides is 1. The van der Waals surface area contributed by atoms with Crippen LogP contribution in [0.4, 0.5) is 5.13 Å². The Bertz CT molecular complexity index is 1440. The number of aromatic nitrogens is 1. The average Bonchev–Trinajstić information content (AvgIpc) is 3.41. The zero-order valence-electron chi connectivity index (χ0n) is 25.6. The van der Waals surface area contributed by atoms with Crippen LogP contribution in [-0.2, 0) is 14.8 Å². The molecule has 1 fully saturated rings. The Morgan fingerprint density at radius 3 is 2.29 bits per heavy atom. The van der Waals surface area contributed by atoms with E-state index in [4.69, 9.17) is 14.5 Å². The molecule has 9 nitrogen and oxygen atoms in total. The lowest BCUT2D eigenvalue weighted by atomic mass is 10.2. The number of carbonyl (C=O) groups excluding carboxylic acids is 1. The Hall–Kier alpha value is -2.57. The first-order chi connectivity index (χ1) is 20.0. The van der Waals surface area contributed by atoms with Crippen LogP contribution < -0.4 is 9.64 Å². The number of hydrogen-bond donors (Lipinski definition) is 0. The number of morpholine rings is 1. The fourth-order valence-electron chi connectivity index (χ4n) is 5.10. The lowest BCUT2D eigenvalue weighted by Crippen LogP contribution is -2.39. The minimum absolute atomic E-state index is 0.194. The standard InChI is InChI=1S/C31H44N4O5S2/c1-22(2)20-34(21-23(3)4)42(37,38)26-11-9-25(10-12-26)30(36)35(15-7-14-33-16-18-40-19-17-33)31-32-28-27(39-6)13-8-24(5)29(28)41-31/h8-13,22-23H,7,14-21H2,1-6H3. The molecule has 0 N–H and O–H groups in total. The second kappa shape index (κ2) is 14.3. The first-order valence-electron chi connectivity index (χ1n) is 14.7. The van der Waals surface area contributed by atoms with Crippen molar-refractivity contribution in [3.8, 4) is 5.75 Å². The second-order valence-corrected chi connectivity index (χ2v) is 14.6. The van der Waals surface area contributed by atoms with E-state index in [0.29, 0.717) is 36.1 Å². The first-order valence-corrected chi connectivity index (χ1v) is 16.9. The lowest BCUT2D eigenvalue weighted by Gasteiger charge is -2.28. The summed E-state index contributed by atoms with van der Waals surface area (Å²) in [6.07, 6.45) is 0.767. The maximum absolute atomic E-state index is 14.0. The molecular weight excluding hydrogens is 572 g/mol. The summed E-state index contributed by atoms with van der Waals surface area (Å²) in [7, 11) is -2.08. The van der Waals surface area contributed by atoms with Crippen molar-refractivity contribution in [1.29, 1.82) is 0 Å². The monoisotopic (exact) mass is 616 g/mol. The Balaban J connectivity index is 1.62. The number of carbonyl (C=O) groups is 1. The lowest BCUT2D eigenvalue weighted by molar-refractivity contribution is 0.0376. The van der Waals surface area contributed by atoms with E-state index in [1.165, 1.54) is 11.3 Å². The van der Waals surface area contributed by atoms with Gasteiger partial charge in [-0.3, -0.25) is 14.6 Å². The van der Waals surface area contributed by atoms with Crippen molar-refractivity contribution in [1.82, 2.24) is 14.2 Å². The van der Waals surface area contributed by atoms with Crippen LogP contribution in [0, 0.1) is 18.8 Å². The van der Waals surface area contributed by atoms with E-state index in [9.17, 15) is 13.2 Å². The number of methoxy groups -OCH3 is 1. The van der Waals surface area contributed by atoms with Gasteiger partial charge in [0, 0.05) is 44.8 Å². The summed E-state index contributed by atoms with van der Waals surface area (Å²) in [4.78, 5) is 23.1. The number of fused-ring (bicyclic) bond motifs is 1. The number of nitrogens with zero attached hydrogens (tertiary/aromatic N) is 4. The smallest absolute Gasteiger partial charge is 0.260 e. The summed E-state index contributed by atoms with van der Waals surface area (Å²) in [5.41, 5.74) is 2.22. The first kappa shape index (κ1) is 32.3. The van der Waals surface area contributed by atoms with Gasteiger partial charge >= 0.3 is 0 Å². The number of thiazole rings is 1. The fraction of sp³-hybridized carbons (Fsp3) is 0.548. The number of aryl methyl sites for hydroxylation is 1. The Kier molecular flexibility index (Phi) is 11.0. The van der Waals surface area contributed by atoms with Crippen LogP contribution in [0.3, 0.4) is 0 Å². The highest BCUT2D eigenvalue weighted by atomic mass is 32.2. The van der Waals surface area contributed by atoms with E-state index < -0.39 is 10.0 Å². The number of rotatable bonds is 13. The number of hydrogen-bond acceptors (Lipinski definition) is 8. The highest BCUT2D eigenvalue weighted by molar-refractivity contribution is 7.89. The zero-order chi connectivity index (χ0) is 30.4. The van der Waals surface area contributed by atoms with Crippen LogP contribution in [0.25, 0.3) is 10.2 Å². The molecule has 0 radical (unpaired) electrons. The number of benzene rings is 2. The van der Waals surface area contributed by atoms with Gasteiger partial charge in [-0.05, 0) is 61.1 Å². The van der Waals surface area contributed by atoms with Gasteiger partial charge in [-0.2, -0.15) is 4.31 Å². The Labute approximate surface area is 254 Å². The predicted molar refractivity (Wildman–Crippen MR) is 169 cm³/mol. The molecule has 0 saturated carbocycles. The van der Waals surface area contributed by atoms with Gasteiger partial charge < -0.3 is 9.47 Å². The van der Waals surface area contributed by atoms with Crippen molar-refractivity contribution in [2.24, 2.45) is 11.8 Å². The topological polar surface area (TPSA) is 92.3 Å². The third-order valence-corrected chi connectivity index (χ3v) is 10.3. The molecule has 0 bridgehead atoms. The molecule has 0 atom stereocenters. The quantitative estimate of drug-likeness (QED) is 0.258. The van der Waals surface area contributed by atoms with Gasteiger partial charge in [0.05, 0.1) is 29.9 Å². The molecule has 1 aromatic heterocycles. The van der Waals surface area contributed by atoms with Crippen LogP contribution >= 0.6 is 11.3 Å². The number of amides is 1. The summed E-state index contributed by atoms with van der Waals surface area (Å²) in [5, 5.41) is 0.598. The minimum atomic E-state index is -3.69. The molecule has 1 aliphatic rings. The summed E-state index contributed by atoms with van der Waals surface area (Å²) in [6, 6.07) is 10.2. The average molecular weight is 617 g/mol. The number of ether oxygens (including phenoxy) is 2. The van der Waals surface area contributed by atoms with Gasteiger partial charge in [0.15, 0.2) is 5.13 Å². The Morgan fingerprint density at radius 2 is 1.69 bits per heavy atom. The molecule has 2 aromatic carbocycles. The summed E-state index contributed by atoms with van der Waals surface area (Å²) < 4.78 is 40.6. The molecular formula is C31H44N4O5S2. The SMILES string of the molecule is COc1ccc(C)c2sc(N(CCCN3CCOCC3)C(=O)c3ccc(S(=O)(=O)N(CC(C)C)CC(C)C)cc3)nc12. The van der Waals surface area contributed by atoms with Crippen molar-refractivity contribution >= 4 is 42.6 Å². The molecule has 1 aliphatic heterocycles. The van der Waals surface area contributed by atoms with Crippen LogP contribution in [0.15, 0.2) is 41.3 Å². The van der Waals surface area contributed by atoms with E-state index in [1.807, 2.05) is 46.8 Å². The minimum Gasteiger partial charge on any atom is -0.494 e. The predicted octanol–water partition coefficient (Wildman–Crippen LogP) is 5.29. The van der Waals surface area contributed by atoms with Crippen LogP contribution in [0.2, 0.25) is 0 Å². The van der Waals surface area contributed by atoms with Crippen LogP contribution in [0.5, 0.6) is 5.75 Å². The van der Waals surface area contributed by atoms with Gasteiger partial charge in [0.1, 0.15) is 11.3 Å². The largest absolute Gasteiger partial charge is 0.494 e. The molecule has 11 heteroatoms. The van der Waals surface area contributed by atoms with Gasteiger partial charge in [-0.15, -0.1) is 0 Å². The molecule has 3 aromatic rings. The van der Waals surface area contributed by atoms with Gasteiger partial charge in [-0.25, -0.2) is 13.4 Å². The molecule has 4 rings (SSSR count). The third-order valence-electron chi connectivity index (χ3n) is 7.22. The normalized spacial score (nSPS) is 14.8. The maximum Gasteiger partial charge on any atom is 0.260 e. The molecule has 42 heavy (non-hydrogen) atoms. The molecule has 1 amide bonds. The molecule has 2 heterocycles. The van der Waals surface area contributed by atoms with E-state index in [1.54, 1.807) is 40.6 Å². The summed E-state index contributed by atoms with van der Waals surface area (Å²) in [5.74, 6) is 0.849. The third kappa shape index (κ3) is 7.68. The van der Waals surface area contributed by atoms with Gasteiger partial charge in [0.2, 0.25) is 10.0 Å². The van der Waals surface area contributed by atoms with Crippen LogP contribution in [0.1, 0.15) is 50.0 Å². The van der Waals surface area contributed by atoms with Crippen molar-refractivity contribution in [2.75, 3.05) is 64.5 Å². The highest BCUT2D eigenvalue weighted by Crippen LogP contribution is 2.37. The fourth-order valence-corrected chi connectivity index (χ4v) is 7.94. The van der Waals surface area contributed by atoms with Crippen LogP contribution in [-0.4, -0.2) is 88.1 Å². The highest BCUT2D eigenvalue weighted by Gasteiger charge is 2.28. The van der Waals surface area contributed by atoms with E-state index in [-0.39, 0.29) is 22.6 Å². The van der Waals surface area contributed by atoms with E-state index >= 15 is 0 Å². The van der Waals surface area contributed by atoms with Crippen molar-refractivity contribution < 1.29 is 22.7 Å². The van der Waals surface area contributed by atoms with Crippen molar-refractivity contribution in [2.45, 2.75) is 45.9 Å². The molecule has 0 spiro atoms.